The summed E-state index contributed by atoms with van der Waals surface area (Å²) in [5.41, 5.74) is 0. The van der Waals surface area contributed by atoms with Crippen molar-refractivity contribution in [1.82, 2.24) is 0 Å². The average Bonchev–Trinajstić information content (AvgIpc) is 2.66. The summed E-state index contributed by atoms with van der Waals surface area (Å²) in [6, 6.07) is 1.98. The predicted molar refractivity (Wildman–Crippen MR) is 64.3 cm³/mol. The second kappa shape index (κ2) is 5.23. The maximum Gasteiger partial charge on any atom is 0.166 e. The average molecular weight is 289 g/mol. The van der Waals surface area contributed by atoms with Gasteiger partial charge in [0.25, 0.3) is 0 Å². The first-order valence-corrected chi connectivity index (χ1v) is 6.81. The Morgan fingerprint density at radius 1 is 1.60 bits per heavy atom. The highest BCUT2D eigenvalue weighted by Gasteiger charge is 2.22. The smallest absolute Gasteiger partial charge is 0.166 e. The number of hydrogen-bond acceptors (Lipinski definition) is 3. The van der Waals surface area contributed by atoms with E-state index in [2.05, 4.69) is 15.9 Å². The first-order valence-electron chi connectivity index (χ1n) is 5.13. The molecule has 0 spiro atoms. The van der Waals surface area contributed by atoms with Crippen molar-refractivity contribution in [2.45, 2.75) is 31.8 Å². The molecule has 2 heterocycles. The molecule has 0 aliphatic carbocycles. The zero-order valence-corrected chi connectivity index (χ0v) is 10.8. The molecule has 4 heteroatoms. The Morgan fingerprint density at radius 2 is 2.47 bits per heavy atom. The number of hydrogen-bond donors (Lipinski definition) is 0. The van der Waals surface area contributed by atoms with Gasteiger partial charge in [-0.1, -0.05) is 0 Å². The van der Waals surface area contributed by atoms with E-state index in [0.29, 0.717) is 6.42 Å². The molecule has 82 valence electrons. The van der Waals surface area contributed by atoms with Gasteiger partial charge in [0.2, 0.25) is 0 Å². The van der Waals surface area contributed by atoms with Crippen molar-refractivity contribution >= 4 is 33.0 Å². The van der Waals surface area contributed by atoms with Crippen LogP contribution in [0.5, 0.6) is 0 Å². The van der Waals surface area contributed by atoms with Crippen molar-refractivity contribution in [3.05, 3.63) is 20.8 Å². The van der Waals surface area contributed by atoms with Gasteiger partial charge in [0.05, 0.1) is 0 Å². The number of thiophene rings is 1. The van der Waals surface area contributed by atoms with Crippen molar-refractivity contribution in [2.24, 2.45) is 0 Å². The van der Waals surface area contributed by atoms with Crippen LogP contribution in [-0.2, 0) is 16.0 Å². The molecule has 1 aliphatic rings. The molecule has 0 amide bonds. The van der Waals surface area contributed by atoms with Crippen molar-refractivity contribution in [3.63, 3.8) is 0 Å². The molecule has 0 bridgehead atoms. The van der Waals surface area contributed by atoms with Crippen molar-refractivity contribution in [2.75, 3.05) is 6.61 Å². The number of rotatable bonds is 3. The van der Waals surface area contributed by atoms with Gasteiger partial charge >= 0.3 is 0 Å². The van der Waals surface area contributed by atoms with Crippen LogP contribution in [0.1, 0.15) is 24.1 Å². The third-order valence-corrected chi connectivity index (χ3v) is 4.49. The van der Waals surface area contributed by atoms with Gasteiger partial charge < -0.3 is 4.74 Å². The van der Waals surface area contributed by atoms with E-state index in [1.807, 2.05) is 11.4 Å². The van der Waals surface area contributed by atoms with Gasteiger partial charge in [-0.05, 0) is 46.6 Å². The minimum absolute atomic E-state index is 0.159. The standard InChI is InChI=1S/C11H13BrO2S/c12-8-4-6-15-11(8)7-9(13)10-3-1-2-5-14-10/h4,6,10H,1-3,5,7H2. The third-order valence-electron chi connectivity index (χ3n) is 2.56. The fraction of sp³-hybridized carbons (Fsp3) is 0.545. The summed E-state index contributed by atoms with van der Waals surface area (Å²) in [7, 11) is 0. The monoisotopic (exact) mass is 288 g/mol. The second-order valence-corrected chi connectivity index (χ2v) is 5.55. The molecule has 2 rings (SSSR count). The number of ketones is 1. The summed E-state index contributed by atoms with van der Waals surface area (Å²) in [6.45, 7) is 0.738. The van der Waals surface area contributed by atoms with Crippen LogP contribution in [0.2, 0.25) is 0 Å². The quantitative estimate of drug-likeness (QED) is 0.854. The minimum atomic E-state index is -0.159. The first kappa shape index (κ1) is 11.3. The van der Waals surface area contributed by atoms with E-state index in [4.69, 9.17) is 4.74 Å². The lowest BCUT2D eigenvalue weighted by Gasteiger charge is -2.21. The zero-order valence-electron chi connectivity index (χ0n) is 8.37. The van der Waals surface area contributed by atoms with Crippen LogP contribution in [0.25, 0.3) is 0 Å². The van der Waals surface area contributed by atoms with Crippen LogP contribution in [0, 0.1) is 0 Å². The molecule has 0 saturated carbocycles. The summed E-state index contributed by atoms with van der Waals surface area (Å²) in [5.74, 6) is 0.220. The van der Waals surface area contributed by atoms with E-state index in [0.717, 1.165) is 35.2 Å². The molecule has 2 nitrogen and oxygen atoms in total. The minimum Gasteiger partial charge on any atom is -0.370 e. The third kappa shape index (κ3) is 2.89. The lowest BCUT2D eigenvalue weighted by atomic mass is 10.0. The fourth-order valence-electron chi connectivity index (χ4n) is 1.72. The number of Topliss-reactive ketones (excluding diaryl/α,β-unsaturated/α-hetero) is 1. The van der Waals surface area contributed by atoms with Crippen molar-refractivity contribution < 1.29 is 9.53 Å². The molecule has 1 atom stereocenters. The van der Waals surface area contributed by atoms with E-state index in [1.165, 1.54) is 0 Å². The fourth-order valence-corrected chi connectivity index (χ4v) is 3.22. The second-order valence-electron chi connectivity index (χ2n) is 3.69. The summed E-state index contributed by atoms with van der Waals surface area (Å²) in [4.78, 5) is 13.0. The van der Waals surface area contributed by atoms with Crippen LogP contribution in [-0.4, -0.2) is 18.5 Å². The predicted octanol–water partition coefficient (Wildman–Crippen LogP) is 3.19. The van der Waals surface area contributed by atoms with E-state index < -0.39 is 0 Å². The molecule has 1 unspecified atom stereocenters. The van der Waals surface area contributed by atoms with Crippen LogP contribution in [0.4, 0.5) is 0 Å². The number of carbonyl (C=O) groups excluding carboxylic acids is 1. The van der Waals surface area contributed by atoms with Gasteiger partial charge in [0.1, 0.15) is 6.10 Å². The highest BCUT2D eigenvalue weighted by atomic mass is 79.9. The molecule has 1 aromatic heterocycles. The number of carbonyl (C=O) groups is 1. The maximum atomic E-state index is 11.9. The van der Waals surface area contributed by atoms with Gasteiger partial charge in [-0.25, -0.2) is 0 Å². The summed E-state index contributed by atoms with van der Waals surface area (Å²) >= 11 is 5.05. The van der Waals surface area contributed by atoms with E-state index in [-0.39, 0.29) is 11.9 Å². The largest absolute Gasteiger partial charge is 0.370 e. The Morgan fingerprint density at radius 3 is 3.07 bits per heavy atom. The molecule has 0 N–H and O–H groups in total. The highest BCUT2D eigenvalue weighted by molar-refractivity contribution is 9.10. The van der Waals surface area contributed by atoms with Crippen LogP contribution in [0.3, 0.4) is 0 Å². The molecule has 15 heavy (non-hydrogen) atoms. The Bertz CT molecular complexity index is 342. The topological polar surface area (TPSA) is 26.3 Å². The van der Waals surface area contributed by atoms with Crippen molar-refractivity contribution in [1.29, 1.82) is 0 Å². The number of ether oxygens (including phenoxy) is 1. The highest BCUT2D eigenvalue weighted by Crippen LogP contribution is 2.25. The van der Waals surface area contributed by atoms with Gasteiger partial charge in [0.15, 0.2) is 5.78 Å². The maximum absolute atomic E-state index is 11.9. The van der Waals surface area contributed by atoms with E-state index in [1.54, 1.807) is 11.3 Å². The Balaban J connectivity index is 1.94. The van der Waals surface area contributed by atoms with Crippen LogP contribution >= 0.6 is 27.3 Å². The first-order chi connectivity index (χ1) is 7.27. The normalized spacial score (nSPS) is 21.5. The molecule has 1 saturated heterocycles. The summed E-state index contributed by atoms with van der Waals surface area (Å²) < 4.78 is 6.51. The molecule has 0 radical (unpaired) electrons. The molecule has 1 fully saturated rings. The molecule has 1 aliphatic heterocycles. The van der Waals surface area contributed by atoms with Crippen molar-refractivity contribution in [3.8, 4) is 0 Å². The van der Waals surface area contributed by atoms with E-state index >= 15 is 0 Å². The Labute approximate surface area is 102 Å². The van der Waals surface area contributed by atoms with Crippen LogP contribution < -0.4 is 0 Å². The van der Waals surface area contributed by atoms with Gasteiger partial charge in [-0.2, -0.15) is 0 Å². The van der Waals surface area contributed by atoms with Gasteiger partial charge in [-0.15, -0.1) is 11.3 Å². The summed E-state index contributed by atoms with van der Waals surface area (Å²) in [5, 5.41) is 1.99. The number of halogens is 1. The zero-order chi connectivity index (χ0) is 10.7. The Hall–Kier alpha value is -0.190. The Kier molecular flexibility index (Phi) is 3.94. The van der Waals surface area contributed by atoms with E-state index in [9.17, 15) is 4.79 Å². The summed E-state index contributed by atoms with van der Waals surface area (Å²) in [6.07, 6.45) is 3.44. The van der Waals surface area contributed by atoms with Gasteiger partial charge in [0, 0.05) is 22.4 Å². The lowest BCUT2D eigenvalue weighted by molar-refractivity contribution is -0.132. The molecule has 0 aromatic carbocycles. The van der Waals surface area contributed by atoms with Gasteiger partial charge in [-0.3, -0.25) is 4.79 Å². The SMILES string of the molecule is O=C(Cc1sccc1Br)C1CCCCO1. The molecular formula is C11H13BrO2S. The molecular weight excluding hydrogens is 276 g/mol. The molecule has 1 aromatic rings. The van der Waals surface area contributed by atoms with Crippen LogP contribution in [0.15, 0.2) is 15.9 Å². The lowest BCUT2D eigenvalue weighted by Crippen LogP contribution is -2.29.